The van der Waals surface area contributed by atoms with Gasteiger partial charge in [-0.2, -0.15) is 0 Å². The number of halogens is 2. The molecule has 0 atom stereocenters. The summed E-state index contributed by atoms with van der Waals surface area (Å²) in [5.41, 5.74) is -0.866. The molecule has 5 nitrogen and oxygen atoms in total. The second-order valence-corrected chi connectivity index (χ2v) is 3.10. The van der Waals surface area contributed by atoms with E-state index in [0.717, 1.165) is 13.2 Å². The van der Waals surface area contributed by atoms with Crippen molar-refractivity contribution in [3.8, 4) is 0 Å². The summed E-state index contributed by atoms with van der Waals surface area (Å²) >= 11 is 5.45. The van der Waals surface area contributed by atoms with Crippen LogP contribution in [0.5, 0.6) is 0 Å². The normalized spacial score (nSPS) is 9.94. The highest BCUT2D eigenvalue weighted by molar-refractivity contribution is 6.17. The summed E-state index contributed by atoms with van der Waals surface area (Å²) in [5, 5.41) is 10.5. The number of carbonyl (C=O) groups excluding carboxylic acids is 1. The van der Waals surface area contributed by atoms with Crippen molar-refractivity contribution in [3.63, 3.8) is 0 Å². The van der Waals surface area contributed by atoms with E-state index in [0.29, 0.717) is 6.07 Å². The fraction of sp³-hybridized carbons (Fsp3) is 0.222. The summed E-state index contributed by atoms with van der Waals surface area (Å²) in [6.07, 6.45) is 0. The van der Waals surface area contributed by atoms with Crippen molar-refractivity contribution in [2.45, 2.75) is 5.88 Å². The fourth-order valence-corrected chi connectivity index (χ4v) is 1.43. The quantitative estimate of drug-likeness (QED) is 0.356. The summed E-state index contributed by atoms with van der Waals surface area (Å²) in [4.78, 5) is 20.9. The molecule has 7 heteroatoms. The third-order valence-electron chi connectivity index (χ3n) is 1.93. The van der Waals surface area contributed by atoms with Crippen LogP contribution < -0.4 is 0 Å². The van der Waals surface area contributed by atoms with Gasteiger partial charge in [-0.05, 0) is 0 Å². The van der Waals surface area contributed by atoms with Gasteiger partial charge in [0.05, 0.1) is 29.5 Å². The Labute approximate surface area is 94.9 Å². The first kappa shape index (κ1) is 12.4. The fourth-order valence-electron chi connectivity index (χ4n) is 1.16. The largest absolute Gasteiger partial charge is 0.465 e. The second-order valence-electron chi connectivity index (χ2n) is 2.84. The Hall–Kier alpha value is -1.69. The molecule has 1 aromatic rings. The van der Waals surface area contributed by atoms with E-state index in [2.05, 4.69) is 4.74 Å². The lowest BCUT2D eigenvalue weighted by molar-refractivity contribution is -0.385. The minimum absolute atomic E-state index is 0.112. The molecule has 0 spiro atoms. The van der Waals surface area contributed by atoms with Gasteiger partial charge in [0, 0.05) is 11.6 Å². The van der Waals surface area contributed by atoms with Crippen molar-refractivity contribution in [2.24, 2.45) is 0 Å². The van der Waals surface area contributed by atoms with Crippen LogP contribution >= 0.6 is 11.6 Å². The number of hydrogen-bond donors (Lipinski definition) is 0. The highest BCUT2D eigenvalue weighted by atomic mass is 35.5. The van der Waals surface area contributed by atoms with Crippen LogP contribution in [0, 0.1) is 15.9 Å². The van der Waals surface area contributed by atoms with E-state index in [1.54, 1.807) is 0 Å². The molecule has 0 saturated carbocycles. The number of ether oxygens (including phenoxy) is 1. The maximum absolute atomic E-state index is 13.4. The van der Waals surface area contributed by atoms with E-state index in [4.69, 9.17) is 11.6 Å². The second kappa shape index (κ2) is 4.89. The lowest BCUT2D eigenvalue weighted by atomic mass is 10.1. The van der Waals surface area contributed by atoms with Crippen LogP contribution in [0.25, 0.3) is 0 Å². The van der Waals surface area contributed by atoms with E-state index in [-0.39, 0.29) is 17.0 Å². The lowest BCUT2D eigenvalue weighted by Crippen LogP contribution is -2.08. The number of benzene rings is 1. The molecule has 0 aromatic heterocycles. The van der Waals surface area contributed by atoms with Gasteiger partial charge in [0.25, 0.3) is 5.69 Å². The van der Waals surface area contributed by atoms with Crippen LogP contribution in [-0.2, 0) is 10.6 Å². The van der Waals surface area contributed by atoms with Gasteiger partial charge in [-0.25, -0.2) is 9.18 Å². The first-order chi connectivity index (χ1) is 7.51. The molecule has 0 saturated heterocycles. The molecule has 1 aromatic carbocycles. The number of esters is 1. The van der Waals surface area contributed by atoms with Crippen molar-refractivity contribution < 1.29 is 18.8 Å². The van der Waals surface area contributed by atoms with Crippen molar-refractivity contribution in [2.75, 3.05) is 7.11 Å². The highest BCUT2D eigenvalue weighted by Gasteiger charge is 2.21. The Bertz CT molecular complexity index is 449. The number of nitro groups is 1. The molecule has 86 valence electrons. The highest BCUT2D eigenvalue weighted by Crippen LogP contribution is 2.23. The topological polar surface area (TPSA) is 69.4 Å². The number of non-ortho nitro benzene ring substituents is 1. The van der Waals surface area contributed by atoms with Crippen molar-refractivity contribution in [3.05, 3.63) is 39.2 Å². The molecule has 0 heterocycles. The van der Waals surface area contributed by atoms with Crippen LogP contribution in [-0.4, -0.2) is 18.0 Å². The average molecular weight is 248 g/mol. The predicted molar refractivity (Wildman–Crippen MR) is 54.0 cm³/mol. The molecule has 0 aliphatic carbocycles. The molecular weight excluding hydrogens is 241 g/mol. The molecule has 0 aliphatic rings. The first-order valence-corrected chi connectivity index (χ1v) is 4.65. The predicted octanol–water partition coefficient (Wildman–Crippen LogP) is 2.26. The Morgan fingerprint density at radius 3 is 2.69 bits per heavy atom. The van der Waals surface area contributed by atoms with E-state index >= 15 is 0 Å². The van der Waals surface area contributed by atoms with Crippen LogP contribution in [0.4, 0.5) is 10.1 Å². The third-order valence-corrected chi connectivity index (χ3v) is 2.20. The number of alkyl halides is 1. The summed E-state index contributed by atoms with van der Waals surface area (Å²) < 4.78 is 17.8. The van der Waals surface area contributed by atoms with E-state index in [1.807, 2.05) is 0 Å². The minimum atomic E-state index is -0.899. The van der Waals surface area contributed by atoms with Crippen LogP contribution in [0.15, 0.2) is 12.1 Å². The van der Waals surface area contributed by atoms with Gasteiger partial charge in [0.1, 0.15) is 5.82 Å². The van der Waals surface area contributed by atoms with Crippen molar-refractivity contribution in [1.29, 1.82) is 0 Å². The third kappa shape index (κ3) is 2.27. The number of nitrogens with zero attached hydrogens (tertiary/aromatic N) is 1. The monoisotopic (exact) mass is 247 g/mol. The summed E-state index contributed by atoms with van der Waals surface area (Å²) in [7, 11) is 1.09. The van der Waals surface area contributed by atoms with Gasteiger partial charge in [0.15, 0.2) is 0 Å². The molecule has 0 fully saturated rings. The molecule has 0 amide bonds. The first-order valence-electron chi connectivity index (χ1n) is 4.12. The van der Waals surface area contributed by atoms with Crippen molar-refractivity contribution >= 4 is 23.3 Å². The van der Waals surface area contributed by atoms with E-state index in [9.17, 15) is 19.3 Å². The number of hydrogen-bond acceptors (Lipinski definition) is 4. The summed E-state index contributed by atoms with van der Waals surface area (Å²) in [6, 6.07) is 1.65. The average Bonchev–Trinajstić information content (AvgIpc) is 2.26. The Balaban J connectivity index is 3.42. The number of rotatable bonds is 3. The summed E-state index contributed by atoms with van der Waals surface area (Å²) in [5.74, 6) is -2.03. The molecular formula is C9H7ClFNO4. The van der Waals surface area contributed by atoms with Gasteiger partial charge in [0.2, 0.25) is 0 Å². The molecule has 0 unspecified atom stereocenters. The zero-order valence-corrected chi connectivity index (χ0v) is 8.95. The standard InChI is InChI=1S/C9H7ClFNO4/c1-16-9(13)6-2-5(12(14)15)3-8(11)7(6)4-10/h2-3H,4H2,1H3. The molecule has 0 radical (unpaired) electrons. The van der Waals surface area contributed by atoms with Gasteiger partial charge in [-0.3, -0.25) is 10.1 Å². The Kier molecular flexibility index (Phi) is 3.78. The minimum Gasteiger partial charge on any atom is -0.465 e. The summed E-state index contributed by atoms with van der Waals surface area (Å²) in [6.45, 7) is 0. The number of carbonyl (C=O) groups is 1. The zero-order valence-electron chi connectivity index (χ0n) is 8.20. The van der Waals surface area contributed by atoms with E-state index in [1.165, 1.54) is 0 Å². The van der Waals surface area contributed by atoms with Gasteiger partial charge in [-0.15, -0.1) is 11.6 Å². The lowest BCUT2D eigenvalue weighted by Gasteiger charge is -2.06. The Morgan fingerprint density at radius 1 is 1.62 bits per heavy atom. The SMILES string of the molecule is COC(=O)c1cc([N+](=O)[O-])cc(F)c1CCl. The van der Waals surface area contributed by atoms with Crippen LogP contribution in [0.1, 0.15) is 15.9 Å². The molecule has 1 rings (SSSR count). The maximum atomic E-state index is 13.4. The van der Waals surface area contributed by atoms with E-state index < -0.39 is 22.4 Å². The number of nitro benzene ring substituents is 1. The van der Waals surface area contributed by atoms with Gasteiger partial charge >= 0.3 is 5.97 Å². The number of methoxy groups -OCH3 is 1. The maximum Gasteiger partial charge on any atom is 0.338 e. The Morgan fingerprint density at radius 2 is 2.25 bits per heavy atom. The van der Waals surface area contributed by atoms with Crippen LogP contribution in [0.2, 0.25) is 0 Å². The smallest absolute Gasteiger partial charge is 0.338 e. The molecule has 0 aliphatic heterocycles. The molecule has 0 bridgehead atoms. The van der Waals surface area contributed by atoms with Gasteiger partial charge < -0.3 is 4.74 Å². The molecule has 16 heavy (non-hydrogen) atoms. The van der Waals surface area contributed by atoms with Gasteiger partial charge in [-0.1, -0.05) is 0 Å². The molecule has 0 N–H and O–H groups in total. The zero-order chi connectivity index (χ0) is 12.3. The van der Waals surface area contributed by atoms with Crippen LogP contribution in [0.3, 0.4) is 0 Å². The van der Waals surface area contributed by atoms with Crippen molar-refractivity contribution in [1.82, 2.24) is 0 Å².